The Labute approximate surface area is 157 Å². The largest absolute Gasteiger partial charge is 0.349 e. The molecule has 4 nitrogen and oxygen atoms in total. The van der Waals surface area contributed by atoms with Crippen LogP contribution in [-0.4, -0.2) is 16.6 Å². The molecule has 0 fully saturated rings. The van der Waals surface area contributed by atoms with Crippen molar-refractivity contribution in [2.75, 3.05) is 5.75 Å². The van der Waals surface area contributed by atoms with Crippen LogP contribution in [0.2, 0.25) is 5.02 Å². The molecule has 0 spiro atoms. The summed E-state index contributed by atoms with van der Waals surface area (Å²) < 4.78 is 0. The van der Waals surface area contributed by atoms with Gasteiger partial charge in [-0.1, -0.05) is 41.6 Å². The van der Waals surface area contributed by atoms with Crippen LogP contribution in [0, 0.1) is 32.1 Å². The molecule has 6 heteroatoms. The topological polar surface area (TPSA) is 65.8 Å². The maximum Gasteiger partial charge on any atom is 0.230 e. The number of nitriles is 1. The van der Waals surface area contributed by atoms with Crippen LogP contribution in [0.15, 0.2) is 29.3 Å². The van der Waals surface area contributed by atoms with Crippen molar-refractivity contribution in [1.82, 2.24) is 10.3 Å². The number of nitrogens with one attached hydrogen (secondary N) is 1. The summed E-state index contributed by atoms with van der Waals surface area (Å²) in [6.07, 6.45) is 0. The highest BCUT2D eigenvalue weighted by Crippen LogP contribution is 2.27. The average molecular weight is 374 g/mol. The van der Waals surface area contributed by atoms with Gasteiger partial charge in [-0.3, -0.25) is 4.79 Å². The highest BCUT2D eigenvalue weighted by Gasteiger charge is 2.16. The molecule has 0 saturated carbocycles. The van der Waals surface area contributed by atoms with Crippen LogP contribution in [0.3, 0.4) is 0 Å². The second-order valence-corrected chi connectivity index (χ2v) is 7.21. The van der Waals surface area contributed by atoms with Gasteiger partial charge in [0.1, 0.15) is 11.1 Å². The number of aryl methyl sites for hydroxylation is 1. The van der Waals surface area contributed by atoms with E-state index in [9.17, 15) is 10.1 Å². The minimum Gasteiger partial charge on any atom is -0.349 e. The predicted octanol–water partition coefficient (Wildman–Crippen LogP) is 4.50. The smallest absolute Gasteiger partial charge is 0.230 e. The van der Waals surface area contributed by atoms with E-state index in [2.05, 4.69) is 16.4 Å². The Balaban J connectivity index is 2.06. The first-order chi connectivity index (χ1) is 11.8. The van der Waals surface area contributed by atoms with E-state index in [4.69, 9.17) is 11.6 Å². The van der Waals surface area contributed by atoms with E-state index < -0.39 is 0 Å². The molecule has 2 aromatic rings. The van der Waals surface area contributed by atoms with Crippen LogP contribution in [0.4, 0.5) is 0 Å². The molecule has 0 aliphatic rings. The van der Waals surface area contributed by atoms with Gasteiger partial charge in [-0.15, -0.1) is 0 Å². The molecular formula is C19H20ClN3OS. The lowest BCUT2D eigenvalue weighted by Gasteiger charge is -2.16. The number of nitrogens with zero attached hydrogens (tertiary/aromatic N) is 2. The lowest BCUT2D eigenvalue weighted by atomic mass is 10.1. The molecule has 2 rings (SSSR count). The molecule has 1 N–H and O–H groups in total. The van der Waals surface area contributed by atoms with E-state index in [1.165, 1.54) is 11.8 Å². The number of halogens is 1. The Morgan fingerprint density at radius 3 is 2.64 bits per heavy atom. The van der Waals surface area contributed by atoms with Crippen molar-refractivity contribution in [3.8, 4) is 6.07 Å². The monoisotopic (exact) mass is 373 g/mol. The van der Waals surface area contributed by atoms with Gasteiger partial charge in [0.15, 0.2) is 0 Å². The third-order valence-corrected chi connectivity index (χ3v) is 5.48. The molecule has 130 valence electrons. The zero-order valence-electron chi connectivity index (χ0n) is 14.7. The molecule has 1 aromatic carbocycles. The van der Waals surface area contributed by atoms with Crippen molar-refractivity contribution in [2.45, 2.75) is 38.8 Å². The zero-order valence-corrected chi connectivity index (χ0v) is 16.3. The first-order valence-electron chi connectivity index (χ1n) is 7.89. The molecule has 0 aliphatic carbocycles. The Kier molecular flexibility index (Phi) is 6.46. The van der Waals surface area contributed by atoms with Gasteiger partial charge in [-0.2, -0.15) is 5.26 Å². The lowest BCUT2D eigenvalue weighted by molar-refractivity contribution is -0.119. The van der Waals surface area contributed by atoms with Gasteiger partial charge in [-0.25, -0.2) is 4.98 Å². The van der Waals surface area contributed by atoms with Crippen LogP contribution in [0.1, 0.15) is 40.9 Å². The van der Waals surface area contributed by atoms with E-state index in [1.807, 2.05) is 45.9 Å². The number of benzene rings is 1. The van der Waals surface area contributed by atoms with Gasteiger partial charge in [-0.05, 0) is 50.5 Å². The quantitative estimate of drug-likeness (QED) is 0.783. The highest BCUT2D eigenvalue weighted by atomic mass is 35.5. The third kappa shape index (κ3) is 4.53. The number of hydrogen-bond acceptors (Lipinski definition) is 4. The number of carbonyl (C=O) groups excluding carboxylic acids is 1. The Bertz CT molecular complexity index is 845. The first-order valence-corrected chi connectivity index (χ1v) is 9.26. The van der Waals surface area contributed by atoms with Crippen LogP contribution in [-0.2, 0) is 4.79 Å². The number of amides is 1. The summed E-state index contributed by atoms with van der Waals surface area (Å²) in [5, 5.41) is 13.5. The SMILES string of the molecule is Cc1nc(SCC(=O)NC(C)c2ccccc2Cl)c(C#N)c(C)c1C. The van der Waals surface area contributed by atoms with Crippen molar-refractivity contribution in [2.24, 2.45) is 0 Å². The summed E-state index contributed by atoms with van der Waals surface area (Å²) >= 11 is 7.44. The highest BCUT2D eigenvalue weighted by molar-refractivity contribution is 8.00. The van der Waals surface area contributed by atoms with Crippen LogP contribution >= 0.6 is 23.4 Å². The third-order valence-electron chi connectivity index (χ3n) is 4.16. The normalized spacial score (nSPS) is 11.7. The van der Waals surface area contributed by atoms with Crippen LogP contribution in [0.25, 0.3) is 0 Å². The van der Waals surface area contributed by atoms with Crippen LogP contribution < -0.4 is 5.32 Å². The molecule has 0 aliphatic heterocycles. The summed E-state index contributed by atoms with van der Waals surface area (Å²) in [6.45, 7) is 7.66. The van der Waals surface area contributed by atoms with E-state index in [1.54, 1.807) is 6.07 Å². The van der Waals surface area contributed by atoms with Crippen molar-refractivity contribution < 1.29 is 4.79 Å². The number of carbonyl (C=O) groups is 1. The second kappa shape index (κ2) is 8.37. The van der Waals surface area contributed by atoms with Crippen molar-refractivity contribution in [3.63, 3.8) is 0 Å². The summed E-state index contributed by atoms with van der Waals surface area (Å²) in [5.74, 6) is 0.0669. The van der Waals surface area contributed by atoms with E-state index in [0.717, 1.165) is 22.4 Å². The molecule has 0 saturated heterocycles. The molecule has 1 atom stereocenters. The van der Waals surface area contributed by atoms with E-state index in [0.29, 0.717) is 15.6 Å². The maximum absolute atomic E-state index is 12.3. The fraction of sp³-hybridized carbons (Fsp3) is 0.316. The molecule has 1 unspecified atom stereocenters. The number of aromatic nitrogens is 1. The summed E-state index contributed by atoms with van der Waals surface area (Å²) in [5.41, 5.74) is 4.23. The van der Waals surface area contributed by atoms with Gasteiger partial charge in [0.05, 0.1) is 17.4 Å². The van der Waals surface area contributed by atoms with Crippen LogP contribution in [0.5, 0.6) is 0 Å². The van der Waals surface area contributed by atoms with Gasteiger partial charge in [0, 0.05) is 10.7 Å². The van der Waals surface area contributed by atoms with E-state index in [-0.39, 0.29) is 17.7 Å². The van der Waals surface area contributed by atoms with Gasteiger partial charge < -0.3 is 5.32 Å². The molecule has 1 amide bonds. The Hall–Kier alpha value is -2.03. The molecular weight excluding hydrogens is 354 g/mol. The molecule has 1 heterocycles. The minimum atomic E-state index is -0.188. The number of pyridine rings is 1. The Morgan fingerprint density at radius 1 is 1.32 bits per heavy atom. The number of hydrogen-bond donors (Lipinski definition) is 1. The van der Waals surface area contributed by atoms with Gasteiger partial charge >= 0.3 is 0 Å². The van der Waals surface area contributed by atoms with Gasteiger partial charge in [0.2, 0.25) is 5.91 Å². The predicted molar refractivity (Wildman–Crippen MR) is 102 cm³/mol. The fourth-order valence-corrected chi connectivity index (χ4v) is 3.66. The maximum atomic E-state index is 12.3. The lowest BCUT2D eigenvalue weighted by Crippen LogP contribution is -2.28. The molecule has 1 aromatic heterocycles. The molecule has 0 bridgehead atoms. The zero-order chi connectivity index (χ0) is 18.6. The minimum absolute atomic E-state index is 0.126. The summed E-state index contributed by atoms with van der Waals surface area (Å²) in [6, 6.07) is 9.44. The first kappa shape index (κ1) is 19.3. The fourth-order valence-electron chi connectivity index (χ4n) is 2.47. The molecule has 25 heavy (non-hydrogen) atoms. The standard InChI is InChI=1S/C19H20ClN3OS/c1-11-12(2)16(9-21)19(23-13(11)3)25-10-18(24)22-14(4)15-7-5-6-8-17(15)20/h5-8,14H,10H2,1-4H3,(H,22,24). The average Bonchev–Trinajstić information content (AvgIpc) is 2.58. The summed E-state index contributed by atoms with van der Waals surface area (Å²) in [7, 11) is 0. The Morgan fingerprint density at radius 2 is 2.00 bits per heavy atom. The van der Waals surface area contributed by atoms with Crippen molar-refractivity contribution in [3.05, 3.63) is 57.2 Å². The number of thioether (sulfide) groups is 1. The van der Waals surface area contributed by atoms with E-state index >= 15 is 0 Å². The van der Waals surface area contributed by atoms with Crippen molar-refractivity contribution in [1.29, 1.82) is 5.26 Å². The van der Waals surface area contributed by atoms with Crippen molar-refractivity contribution >= 4 is 29.3 Å². The molecule has 0 radical (unpaired) electrons. The summed E-state index contributed by atoms with van der Waals surface area (Å²) in [4.78, 5) is 16.7. The number of rotatable bonds is 5. The van der Waals surface area contributed by atoms with Gasteiger partial charge in [0.25, 0.3) is 0 Å². The second-order valence-electron chi connectivity index (χ2n) is 5.84.